The van der Waals surface area contributed by atoms with Crippen molar-refractivity contribution in [1.29, 1.82) is 0 Å². The van der Waals surface area contributed by atoms with Gasteiger partial charge in [-0.1, -0.05) is 12.2 Å². The predicted molar refractivity (Wildman–Crippen MR) is 174 cm³/mol. The SMILES string of the molecule is CCOC(=O)[C@@]12C[C@@H]1/C=C\CCCCN(C)C(=O)N[C@@H](CCOc1cc(-c3cc(C(F)(F)F)nn3C)nc3c(C)c(OC)ccc13)C(=O)N2. The summed E-state index contributed by atoms with van der Waals surface area (Å²) in [6, 6.07) is 4.35. The highest BCUT2D eigenvalue weighted by molar-refractivity contribution is 5.95. The Morgan fingerprint density at radius 3 is 2.61 bits per heavy atom. The monoisotopic (exact) mass is 686 g/mol. The molecule has 1 aromatic carbocycles. The smallest absolute Gasteiger partial charge is 0.435 e. The summed E-state index contributed by atoms with van der Waals surface area (Å²) in [4.78, 5) is 46.1. The molecular formula is C34H41F3N6O6. The highest BCUT2D eigenvalue weighted by Crippen LogP contribution is 2.46. The highest BCUT2D eigenvalue weighted by Gasteiger charge is 2.61. The van der Waals surface area contributed by atoms with Crippen LogP contribution in [-0.2, 0) is 27.5 Å². The largest absolute Gasteiger partial charge is 0.496 e. The first-order valence-electron chi connectivity index (χ1n) is 16.2. The first-order valence-corrected chi connectivity index (χ1v) is 16.2. The van der Waals surface area contributed by atoms with E-state index in [9.17, 15) is 27.6 Å². The fraction of sp³-hybridized carbons (Fsp3) is 0.500. The quantitative estimate of drug-likeness (QED) is 0.252. The third-order valence-corrected chi connectivity index (χ3v) is 8.91. The van der Waals surface area contributed by atoms with Crippen LogP contribution in [0.4, 0.5) is 18.0 Å². The topological polar surface area (TPSA) is 137 Å². The number of benzene rings is 1. The van der Waals surface area contributed by atoms with Gasteiger partial charge in [0.05, 0.1) is 37.2 Å². The molecule has 0 spiro atoms. The van der Waals surface area contributed by atoms with Crippen molar-refractivity contribution in [2.45, 2.75) is 63.7 Å². The van der Waals surface area contributed by atoms with Crippen molar-refractivity contribution in [2.75, 3.05) is 33.9 Å². The zero-order valence-electron chi connectivity index (χ0n) is 28.1. The van der Waals surface area contributed by atoms with E-state index in [1.807, 2.05) is 12.2 Å². The van der Waals surface area contributed by atoms with Gasteiger partial charge in [0.15, 0.2) is 5.69 Å². The van der Waals surface area contributed by atoms with Crippen molar-refractivity contribution in [3.63, 3.8) is 0 Å². The number of nitrogens with zero attached hydrogens (tertiary/aromatic N) is 4. The number of carbonyl (C=O) groups excluding carboxylic acids is 3. The lowest BCUT2D eigenvalue weighted by atomic mass is 10.1. The number of urea groups is 1. The van der Waals surface area contributed by atoms with Gasteiger partial charge >= 0.3 is 18.2 Å². The number of aryl methyl sites for hydroxylation is 2. The molecule has 0 unspecified atom stereocenters. The third-order valence-electron chi connectivity index (χ3n) is 8.91. The van der Waals surface area contributed by atoms with Crippen LogP contribution in [0.3, 0.4) is 0 Å². The fourth-order valence-corrected chi connectivity index (χ4v) is 6.00. The van der Waals surface area contributed by atoms with Gasteiger partial charge in [-0.25, -0.2) is 14.6 Å². The van der Waals surface area contributed by atoms with Gasteiger partial charge in [-0.05, 0) is 57.7 Å². The average molecular weight is 687 g/mol. The lowest BCUT2D eigenvalue weighted by molar-refractivity contribution is -0.149. The van der Waals surface area contributed by atoms with Crippen LogP contribution in [0.5, 0.6) is 11.5 Å². The zero-order valence-corrected chi connectivity index (χ0v) is 28.1. The normalized spacial score (nSPS) is 22.4. The highest BCUT2D eigenvalue weighted by atomic mass is 19.4. The van der Waals surface area contributed by atoms with E-state index in [0.29, 0.717) is 40.9 Å². The molecule has 3 aromatic rings. The number of methoxy groups -OCH3 is 1. The minimum absolute atomic E-state index is 0.00302. The summed E-state index contributed by atoms with van der Waals surface area (Å²) in [5, 5.41) is 9.83. The molecule has 0 saturated heterocycles. The Kier molecular flexibility index (Phi) is 10.4. The molecule has 5 rings (SSSR count). The number of hydrogen-bond donors (Lipinski definition) is 2. The van der Waals surface area contributed by atoms with Gasteiger partial charge in [0.25, 0.3) is 0 Å². The van der Waals surface area contributed by atoms with Crippen LogP contribution >= 0.6 is 0 Å². The van der Waals surface area contributed by atoms with Crippen LogP contribution in [0.25, 0.3) is 22.3 Å². The van der Waals surface area contributed by atoms with Gasteiger partial charge in [0.2, 0.25) is 5.91 Å². The number of hydrogen-bond acceptors (Lipinski definition) is 8. The molecule has 15 heteroatoms. The maximum absolute atomic E-state index is 13.8. The van der Waals surface area contributed by atoms with Gasteiger partial charge in [-0.3, -0.25) is 9.48 Å². The van der Waals surface area contributed by atoms with E-state index in [-0.39, 0.29) is 36.9 Å². The van der Waals surface area contributed by atoms with E-state index >= 15 is 0 Å². The minimum Gasteiger partial charge on any atom is -0.496 e. The van der Waals surface area contributed by atoms with Crippen LogP contribution < -0.4 is 20.1 Å². The van der Waals surface area contributed by atoms with Crippen molar-refractivity contribution in [3.05, 3.63) is 47.7 Å². The number of alkyl halides is 3. The number of fused-ring (bicyclic) bond motifs is 2. The number of rotatable bonds is 8. The van der Waals surface area contributed by atoms with Gasteiger partial charge in [0, 0.05) is 50.0 Å². The van der Waals surface area contributed by atoms with Crippen LogP contribution in [0.15, 0.2) is 36.4 Å². The molecule has 2 aromatic heterocycles. The molecule has 12 nitrogen and oxygen atoms in total. The molecule has 3 atom stereocenters. The predicted octanol–water partition coefficient (Wildman–Crippen LogP) is 4.93. The fourth-order valence-electron chi connectivity index (χ4n) is 6.00. The number of halogens is 3. The number of pyridine rings is 1. The van der Waals surface area contributed by atoms with Crippen LogP contribution in [0.2, 0.25) is 0 Å². The van der Waals surface area contributed by atoms with E-state index in [2.05, 4.69) is 20.7 Å². The Hall–Kier alpha value is -4.82. The maximum atomic E-state index is 13.8. The Balaban J connectivity index is 1.45. The molecule has 2 N–H and O–H groups in total. The number of amides is 3. The van der Waals surface area contributed by atoms with E-state index in [1.165, 1.54) is 25.1 Å². The molecule has 1 fully saturated rings. The number of esters is 1. The van der Waals surface area contributed by atoms with Crippen molar-refractivity contribution in [1.82, 2.24) is 30.3 Å². The van der Waals surface area contributed by atoms with E-state index in [1.54, 1.807) is 33.0 Å². The molecule has 1 saturated carbocycles. The Bertz CT molecular complexity index is 1760. The zero-order chi connectivity index (χ0) is 35.5. The number of ether oxygens (including phenoxy) is 3. The van der Waals surface area contributed by atoms with Crippen LogP contribution in [0.1, 0.15) is 50.3 Å². The summed E-state index contributed by atoms with van der Waals surface area (Å²) < 4.78 is 58.6. The molecule has 2 aliphatic rings. The van der Waals surface area contributed by atoms with Crippen molar-refractivity contribution in [2.24, 2.45) is 13.0 Å². The second-order valence-corrected chi connectivity index (χ2v) is 12.3. The third kappa shape index (κ3) is 7.60. The lowest BCUT2D eigenvalue weighted by Gasteiger charge is -2.26. The summed E-state index contributed by atoms with van der Waals surface area (Å²) in [5.41, 5.74) is -0.918. The number of aromatic nitrogens is 3. The van der Waals surface area contributed by atoms with E-state index in [0.717, 1.165) is 30.0 Å². The van der Waals surface area contributed by atoms with Crippen LogP contribution in [-0.4, -0.2) is 83.1 Å². The van der Waals surface area contributed by atoms with E-state index < -0.39 is 41.4 Å². The van der Waals surface area contributed by atoms with Crippen molar-refractivity contribution in [3.8, 4) is 22.9 Å². The second-order valence-electron chi connectivity index (χ2n) is 12.3. The number of allylic oxidation sites excluding steroid dienone is 1. The Morgan fingerprint density at radius 2 is 1.92 bits per heavy atom. The first kappa shape index (κ1) is 35.5. The average Bonchev–Trinajstić information content (AvgIpc) is 3.60. The van der Waals surface area contributed by atoms with Crippen molar-refractivity contribution >= 4 is 28.8 Å². The summed E-state index contributed by atoms with van der Waals surface area (Å²) in [5.74, 6) is -0.520. The summed E-state index contributed by atoms with van der Waals surface area (Å²) >= 11 is 0. The first-order chi connectivity index (χ1) is 23.3. The molecule has 1 aliphatic heterocycles. The number of nitrogens with one attached hydrogen (secondary N) is 2. The Labute approximate surface area is 282 Å². The Morgan fingerprint density at radius 1 is 1.14 bits per heavy atom. The summed E-state index contributed by atoms with van der Waals surface area (Å²) in [6.45, 7) is 4.02. The second kappa shape index (κ2) is 14.3. The van der Waals surface area contributed by atoms with Gasteiger partial charge in [-0.15, -0.1) is 0 Å². The molecule has 0 radical (unpaired) electrons. The molecular weight excluding hydrogens is 645 g/mol. The summed E-state index contributed by atoms with van der Waals surface area (Å²) in [7, 11) is 4.54. The lowest BCUT2D eigenvalue weighted by Crippen LogP contribution is -2.56. The maximum Gasteiger partial charge on any atom is 0.435 e. The van der Waals surface area contributed by atoms with Crippen LogP contribution in [0, 0.1) is 12.8 Å². The summed E-state index contributed by atoms with van der Waals surface area (Å²) in [6.07, 6.45) is 2.04. The van der Waals surface area contributed by atoms with Crippen molar-refractivity contribution < 1.29 is 41.8 Å². The van der Waals surface area contributed by atoms with Gasteiger partial charge in [-0.2, -0.15) is 18.3 Å². The standard InChI is InChI=1S/C34H41F3N6O6/c1-6-48-31(45)33-19-21(33)11-9-7-8-10-15-42(3)32(46)39-23(30(44)40-33)14-16-49-27-17-24(25-18-28(34(35,36)37)41-43(25)4)38-29-20(2)26(47-5)13-12-22(27)29/h9,11-13,17-18,21,23H,6-8,10,14-16,19H2,1-5H3,(H,39,46)(H,40,44)/b11-9-/t21-,23-,33+/m0/s1. The minimum atomic E-state index is -4.65. The van der Waals surface area contributed by atoms with E-state index in [4.69, 9.17) is 14.2 Å². The number of carbonyl (C=O) groups is 3. The molecule has 0 bridgehead atoms. The molecule has 49 heavy (non-hydrogen) atoms. The molecule has 1 aliphatic carbocycles. The molecule has 3 heterocycles. The molecule has 3 amide bonds. The molecule has 264 valence electrons. The van der Waals surface area contributed by atoms with Gasteiger partial charge in [0.1, 0.15) is 23.1 Å². The van der Waals surface area contributed by atoms with Gasteiger partial charge < -0.3 is 29.7 Å².